The topological polar surface area (TPSA) is 68.7 Å². The number of aromatic nitrogens is 1. The number of likely N-dealkylation sites (tertiary alicyclic amines) is 1. The molecule has 0 unspecified atom stereocenters. The highest BCUT2D eigenvalue weighted by atomic mass is 16.5. The number of rotatable bonds is 8. The maximum absolute atomic E-state index is 9.71. The van der Waals surface area contributed by atoms with E-state index in [0.717, 1.165) is 24.1 Å². The van der Waals surface area contributed by atoms with Crippen LogP contribution in [0.5, 0.6) is 0 Å². The second-order valence-electron chi connectivity index (χ2n) is 9.44. The van der Waals surface area contributed by atoms with Gasteiger partial charge in [-0.25, -0.2) is 0 Å². The third-order valence-electron chi connectivity index (χ3n) is 7.27. The molecule has 5 nitrogen and oxygen atoms in total. The van der Waals surface area contributed by atoms with Gasteiger partial charge in [0.1, 0.15) is 0 Å². The number of nitrogens with zero attached hydrogens (tertiary/aromatic N) is 1. The molecule has 2 aromatic carbocycles. The van der Waals surface area contributed by atoms with Crippen molar-refractivity contribution in [2.24, 2.45) is 0 Å². The lowest BCUT2D eigenvalue weighted by Crippen LogP contribution is -2.39. The molecule has 2 aliphatic rings. The minimum atomic E-state index is 0.128. The monoisotopic (exact) mass is 434 g/mol. The van der Waals surface area contributed by atoms with Gasteiger partial charge in [0.25, 0.3) is 0 Å². The van der Waals surface area contributed by atoms with Gasteiger partial charge in [0.05, 0.1) is 25.9 Å². The van der Waals surface area contributed by atoms with E-state index in [1.54, 1.807) is 0 Å². The molecule has 1 aliphatic heterocycles. The summed E-state index contributed by atoms with van der Waals surface area (Å²) in [4.78, 5) is 5.76. The summed E-state index contributed by atoms with van der Waals surface area (Å²) in [6.45, 7) is 1.68. The normalized spacial score (nSPS) is 22.3. The van der Waals surface area contributed by atoms with Crippen LogP contribution in [0.1, 0.15) is 49.8 Å². The fourth-order valence-corrected chi connectivity index (χ4v) is 5.43. The molecule has 1 aliphatic carbocycles. The highest BCUT2D eigenvalue weighted by Gasteiger charge is 2.32. The van der Waals surface area contributed by atoms with Gasteiger partial charge in [-0.3, -0.25) is 4.90 Å². The molecule has 2 heterocycles. The highest BCUT2D eigenvalue weighted by molar-refractivity contribution is 5.86. The Hall–Kier alpha value is -2.18. The molecule has 170 valence electrons. The second kappa shape index (κ2) is 9.75. The quantitative estimate of drug-likeness (QED) is 0.484. The molecule has 3 N–H and O–H groups in total. The minimum absolute atomic E-state index is 0.128. The molecule has 5 heteroatoms. The van der Waals surface area contributed by atoms with Crippen molar-refractivity contribution in [3.8, 4) is 11.1 Å². The Bertz CT molecular complexity index is 1030. The van der Waals surface area contributed by atoms with Gasteiger partial charge in [-0.1, -0.05) is 37.1 Å². The molecule has 3 aromatic rings. The summed E-state index contributed by atoms with van der Waals surface area (Å²) in [5.41, 5.74) is 5.87. The first-order valence-electron chi connectivity index (χ1n) is 12.0. The molecule has 0 amide bonds. The second-order valence-corrected chi connectivity index (χ2v) is 9.44. The zero-order valence-corrected chi connectivity index (χ0v) is 18.7. The van der Waals surface area contributed by atoms with E-state index in [2.05, 4.69) is 58.4 Å². The van der Waals surface area contributed by atoms with E-state index in [1.807, 2.05) is 0 Å². The smallest absolute Gasteiger partial charge is 0.0720 e. The largest absolute Gasteiger partial charge is 0.395 e. The van der Waals surface area contributed by atoms with Crippen LogP contribution in [0.2, 0.25) is 0 Å². The van der Waals surface area contributed by atoms with E-state index >= 15 is 0 Å². The predicted molar refractivity (Wildman–Crippen MR) is 127 cm³/mol. The zero-order valence-electron chi connectivity index (χ0n) is 18.7. The maximum Gasteiger partial charge on any atom is 0.0720 e. The molecule has 1 aromatic heterocycles. The number of ether oxygens (including phenoxy) is 1. The number of fused-ring (bicyclic) bond motifs is 1. The highest BCUT2D eigenvalue weighted by Crippen LogP contribution is 2.29. The Morgan fingerprint density at radius 1 is 0.875 bits per heavy atom. The molecule has 0 spiro atoms. The lowest BCUT2D eigenvalue weighted by atomic mass is 10.0. The molecule has 2 fully saturated rings. The summed E-state index contributed by atoms with van der Waals surface area (Å²) in [6.07, 6.45) is 7.29. The summed E-state index contributed by atoms with van der Waals surface area (Å²) in [5.74, 6) is 0. The van der Waals surface area contributed by atoms with Crippen molar-refractivity contribution in [3.63, 3.8) is 0 Å². The van der Waals surface area contributed by atoms with Gasteiger partial charge in [-0.15, -0.1) is 0 Å². The van der Waals surface area contributed by atoms with E-state index in [9.17, 15) is 10.2 Å². The standard InChI is InChI=1S/C27H34N2O3/c30-16-24-9-10-25(17-31)29(24)15-23-14-22-13-21(8-11-27(22)28-23)20-5-3-4-19(12-20)18-32-26-6-1-2-7-26/h3-5,8,11-14,24-26,28,30-31H,1-2,6-7,9-10,15-18H2/t24-,25+. The van der Waals surface area contributed by atoms with Crippen LogP contribution in [0.4, 0.5) is 0 Å². The summed E-state index contributed by atoms with van der Waals surface area (Å²) >= 11 is 0. The molecule has 1 saturated carbocycles. The van der Waals surface area contributed by atoms with Crippen LogP contribution >= 0.6 is 0 Å². The number of aliphatic hydroxyl groups is 2. The summed E-state index contributed by atoms with van der Waals surface area (Å²) in [5, 5.41) is 20.6. The van der Waals surface area contributed by atoms with Crippen LogP contribution in [0, 0.1) is 0 Å². The third kappa shape index (κ3) is 4.62. The van der Waals surface area contributed by atoms with Gasteiger partial charge in [-0.2, -0.15) is 0 Å². The van der Waals surface area contributed by atoms with Crippen molar-refractivity contribution in [3.05, 3.63) is 59.8 Å². The Labute approximate surface area is 190 Å². The van der Waals surface area contributed by atoms with Crippen molar-refractivity contribution in [1.29, 1.82) is 0 Å². The van der Waals surface area contributed by atoms with Crippen molar-refractivity contribution in [1.82, 2.24) is 9.88 Å². The van der Waals surface area contributed by atoms with Gasteiger partial charge in [0.2, 0.25) is 0 Å². The van der Waals surface area contributed by atoms with E-state index in [-0.39, 0.29) is 25.3 Å². The molecular formula is C27H34N2O3. The summed E-state index contributed by atoms with van der Waals surface area (Å²) in [7, 11) is 0. The first kappa shape index (κ1) is 21.7. The van der Waals surface area contributed by atoms with E-state index in [0.29, 0.717) is 19.3 Å². The number of hydrogen-bond acceptors (Lipinski definition) is 4. The van der Waals surface area contributed by atoms with Crippen LogP contribution in [0.3, 0.4) is 0 Å². The number of aromatic amines is 1. The van der Waals surface area contributed by atoms with Crippen LogP contribution in [-0.4, -0.2) is 51.5 Å². The SMILES string of the molecule is OC[C@@H]1CC[C@H](CO)N1Cc1cc2cc(-c3cccc(COC4CCCC4)c3)ccc2[nH]1. The molecule has 0 radical (unpaired) electrons. The number of aliphatic hydroxyl groups excluding tert-OH is 2. The lowest BCUT2D eigenvalue weighted by molar-refractivity contribution is 0.0457. The van der Waals surface area contributed by atoms with Crippen molar-refractivity contribution < 1.29 is 14.9 Å². The first-order valence-corrected chi connectivity index (χ1v) is 12.0. The van der Waals surface area contributed by atoms with Crippen LogP contribution in [0.15, 0.2) is 48.5 Å². The lowest BCUT2D eigenvalue weighted by Gasteiger charge is -2.27. The number of nitrogens with one attached hydrogen (secondary N) is 1. The van der Waals surface area contributed by atoms with E-state index in [4.69, 9.17) is 4.74 Å². The molecular weight excluding hydrogens is 400 g/mol. The summed E-state index contributed by atoms with van der Waals surface area (Å²) < 4.78 is 6.11. The predicted octanol–water partition coefficient (Wildman–Crippen LogP) is 4.61. The van der Waals surface area contributed by atoms with Crippen molar-refractivity contribution in [2.45, 2.75) is 69.9 Å². The van der Waals surface area contributed by atoms with Crippen LogP contribution in [-0.2, 0) is 17.9 Å². The third-order valence-corrected chi connectivity index (χ3v) is 7.27. The Morgan fingerprint density at radius 2 is 1.62 bits per heavy atom. The molecule has 2 atom stereocenters. The minimum Gasteiger partial charge on any atom is -0.395 e. The fourth-order valence-electron chi connectivity index (χ4n) is 5.43. The zero-order chi connectivity index (χ0) is 21.9. The average Bonchev–Trinajstić information content (AvgIpc) is 3.57. The first-order chi connectivity index (χ1) is 15.7. The van der Waals surface area contributed by atoms with Crippen molar-refractivity contribution >= 4 is 10.9 Å². The number of H-pyrrole nitrogens is 1. The number of benzene rings is 2. The fraction of sp³-hybridized carbons (Fsp3) is 0.481. The van der Waals surface area contributed by atoms with Crippen LogP contribution < -0.4 is 0 Å². The Kier molecular flexibility index (Phi) is 6.60. The van der Waals surface area contributed by atoms with Gasteiger partial charge in [0.15, 0.2) is 0 Å². The Balaban J connectivity index is 1.32. The van der Waals surface area contributed by atoms with Gasteiger partial charge >= 0.3 is 0 Å². The van der Waals surface area contributed by atoms with Crippen LogP contribution in [0.25, 0.3) is 22.0 Å². The van der Waals surface area contributed by atoms with Gasteiger partial charge in [-0.05, 0) is 66.6 Å². The molecule has 1 saturated heterocycles. The van der Waals surface area contributed by atoms with E-state index in [1.165, 1.54) is 47.8 Å². The maximum atomic E-state index is 9.71. The number of hydrogen-bond donors (Lipinski definition) is 3. The van der Waals surface area contributed by atoms with Crippen molar-refractivity contribution in [2.75, 3.05) is 13.2 Å². The van der Waals surface area contributed by atoms with Gasteiger partial charge < -0.3 is 19.9 Å². The average molecular weight is 435 g/mol. The van der Waals surface area contributed by atoms with E-state index < -0.39 is 0 Å². The molecule has 5 rings (SSSR count). The molecule has 32 heavy (non-hydrogen) atoms. The molecule has 0 bridgehead atoms. The van der Waals surface area contributed by atoms with Gasteiger partial charge in [0, 0.05) is 35.2 Å². The summed E-state index contributed by atoms with van der Waals surface area (Å²) in [6, 6.07) is 17.7. The Morgan fingerprint density at radius 3 is 2.38 bits per heavy atom.